The number of nitrogens with one attached hydrogen (secondary N) is 2. The summed E-state index contributed by atoms with van der Waals surface area (Å²) in [6.07, 6.45) is 1.43. The second-order valence-corrected chi connectivity index (χ2v) is 4.35. The van der Waals surface area contributed by atoms with E-state index in [9.17, 15) is 9.59 Å². The molecule has 0 aliphatic rings. The Morgan fingerprint density at radius 3 is 2.72 bits per heavy atom. The van der Waals surface area contributed by atoms with Crippen molar-refractivity contribution in [1.82, 2.24) is 4.98 Å². The average molecular weight is 313 g/mol. The lowest BCUT2D eigenvalue weighted by Crippen LogP contribution is -2.13. The van der Waals surface area contributed by atoms with Crippen LogP contribution in [0.4, 0.5) is 5.69 Å². The third kappa shape index (κ3) is 2.30. The molecule has 0 spiro atoms. The number of amides is 1. The van der Waals surface area contributed by atoms with Gasteiger partial charge in [0.2, 0.25) is 0 Å². The molecular formula is C11H9BrN2O4. The minimum absolute atomic E-state index is 0.0361. The van der Waals surface area contributed by atoms with Crippen molar-refractivity contribution in [3.8, 4) is 0 Å². The highest BCUT2D eigenvalue weighted by molar-refractivity contribution is 9.10. The summed E-state index contributed by atoms with van der Waals surface area (Å²) in [4.78, 5) is 25.5. The van der Waals surface area contributed by atoms with Crippen molar-refractivity contribution in [2.24, 2.45) is 0 Å². The van der Waals surface area contributed by atoms with Crippen molar-refractivity contribution in [3.05, 3.63) is 40.0 Å². The van der Waals surface area contributed by atoms with Crippen LogP contribution in [-0.4, -0.2) is 22.0 Å². The molecule has 1 amide bonds. The molecule has 2 aromatic rings. The Balaban J connectivity index is 2.25. The van der Waals surface area contributed by atoms with Crippen LogP contribution >= 0.6 is 15.9 Å². The standard InChI is InChI=1S/C11H9BrN2O4/c1-5-9(11(16)17)6(4-13-5)14-10(15)7-2-3-8(12)18-7/h2-4,13H,1H3,(H,14,15)(H,16,17). The Morgan fingerprint density at radius 2 is 2.17 bits per heavy atom. The number of aromatic amines is 1. The van der Waals surface area contributed by atoms with Gasteiger partial charge in [0.1, 0.15) is 5.56 Å². The Hall–Kier alpha value is -2.02. The van der Waals surface area contributed by atoms with Crippen LogP contribution in [0.2, 0.25) is 0 Å². The first-order chi connectivity index (χ1) is 8.49. The van der Waals surface area contributed by atoms with Crippen LogP contribution < -0.4 is 5.32 Å². The summed E-state index contributed by atoms with van der Waals surface area (Å²) in [5.74, 6) is -1.52. The molecular weight excluding hydrogens is 304 g/mol. The van der Waals surface area contributed by atoms with E-state index in [2.05, 4.69) is 26.2 Å². The summed E-state index contributed by atoms with van der Waals surface area (Å²) in [7, 11) is 0. The number of aromatic nitrogens is 1. The van der Waals surface area contributed by atoms with Crippen LogP contribution in [0, 0.1) is 6.92 Å². The summed E-state index contributed by atoms with van der Waals surface area (Å²) in [5, 5.41) is 11.5. The smallest absolute Gasteiger partial charge is 0.339 e. The third-order valence-corrected chi connectivity index (χ3v) is 2.76. The SMILES string of the molecule is Cc1[nH]cc(NC(=O)c2ccc(Br)o2)c1C(=O)O. The lowest BCUT2D eigenvalue weighted by molar-refractivity contribution is 0.0697. The Morgan fingerprint density at radius 1 is 1.44 bits per heavy atom. The molecule has 0 aliphatic carbocycles. The largest absolute Gasteiger partial charge is 0.478 e. The molecule has 0 saturated heterocycles. The molecule has 6 nitrogen and oxygen atoms in total. The number of hydrogen-bond acceptors (Lipinski definition) is 3. The van der Waals surface area contributed by atoms with E-state index in [1.807, 2.05) is 0 Å². The molecule has 2 heterocycles. The van der Waals surface area contributed by atoms with Crippen LogP contribution in [0.15, 0.2) is 27.4 Å². The number of furan rings is 1. The first kappa shape index (κ1) is 12.4. The summed E-state index contributed by atoms with van der Waals surface area (Å²) in [6.45, 7) is 1.61. The number of anilines is 1. The Labute approximate surface area is 110 Å². The van der Waals surface area contributed by atoms with Crippen molar-refractivity contribution >= 4 is 33.5 Å². The van der Waals surface area contributed by atoms with E-state index in [1.165, 1.54) is 12.3 Å². The molecule has 7 heteroatoms. The fraction of sp³-hybridized carbons (Fsp3) is 0.0909. The van der Waals surface area contributed by atoms with E-state index >= 15 is 0 Å². The molecule has 0 bridgehead atoms. The van der Waals surface area contributed by atoms with Crippen molar-refractivity contribution in [3.63, 3.8) is 0 Å². The van der Waals surface area contributed by atoms with Gasteiger partial charge in [0.15, 0.2) is 10.4 Å². The zero-order valence-electron chi connectivity index (χ0n) is 9.28. The van der Waals surface area contributed by atoms with Gasteiger partial charge >= 0.3 is 5.97 Å². The van der Waals surface area contributed by atoms with Crippen molar-refractivity contribution in [1.29, 1.82) is 0 Å². The highest BCUT2D eigenvalue weighted by Gasteiger charge is 2.19. The summed E-state index contributed by atoms with van der Waals surface area (Å²) >= 11 is 3.08. The summed E-state index contributed by atoms with van der Waals surface area (Å²) < 4.78 is 5.50. The molecule has 94 valence electrons. The van der Waals surface area contributed by atoms with Gasteiger partial charge in [-0.05, 0) is 35.0 Å². The predicted molar refractivity (Wildman–Crippen MR) is 66.9 cm³/mol. The van der Waals surface area contributed by atoms with Crippen molar-refractivity contribution < 1.29 is 19.1 Å². The first-order valence-corrected chi connectivity index (χ1v) is 5.76. The van der Waals surface area contributed by atoms with Gasteiger partial charge in [-0.15, -0.1) is 0 Å². The van der Waals surface area contributed by atoms with Crippen LogP contribution in [0.1, 0.15) is 26.6 Å². The molecule has 0 fully saturated rings. The van der Waals surface area contributed by atoms with Crippen LogP contribution in [0.5, 0.6) is 0 Å². The zero-order valence-corrected chi connectivity index (χ0v) is 10.9. The van der Waals surface area contributed by atoms with E-state index in [-0.39, 0.29) is 17.0 Å². The highest BCUT2D eigenvalue weighted by atomic mass is 79.9. The average Bonchev–Trinajstić information content (AvgIpc) is 2.85. The molecule has 0 unspecified atom stereocenters. The number of carboxylic acid groups (broad SMARTS) is 1. The fourth-order valence-corrected chi connectivity index (χ4v) is 1.83. The molecule has 0 atom stereocenters. The lowest BCUT2D eigenvalue weighted by atomic mass is 10.2. The number of aryl methyl sites for hydroxylation is 1. The first-order valence-electron chi connectivity index (χ1n) is 4.97. The van der Waals surface area contributed by atoms with E-state index in [4.69, 9.17) is 9.52 Å². The van der Waals surface area contributed by atoms with Gasteiger partial charge in [-0.1, -0.05) is 0 Å². The Bertz CT molecular complexity index is 614. The number of halogens is 1. The number of hydrogen-bond donors (Lipinski definition) is 3. The Kier molecular flexibility index (Phi) is 3.24. The molecule has 2 rings (SSSR count). The maximum absolute atomic E-state index is 11.8. The topological polar surface area (TPSA) is 95.3 Å². The highest BCUT2D eigenvalue weighted by Crippen LogP contribution is 2.21. The quantitative estimate of drug-likeness (QED) is 0.811. The van der Waals surface area contributed by atoms with E-state index < -0.39 is 11.9 Å². The maximum atomic E-state index is 11.8. The van der Waals surface area contributed by atoms with Crippen molar-refractivity contribution in [2.45, 2.75) is 6.92 Å². The molecule has 0 aromatic carbocycles. The van der Waals surface area contributed by atoms with Crippen LogP contribution in [-0.2, 0) is 0 Å². The second-order valence-electron chi connectivity index (χ2n) is 3.57. The maximum Gasteiger partial charge on any atom is 0.339 e. The monoisotopic (exact) mass is 312 g/mol. The van der Waals surface area contributed by atoms with Crippen LogP contribution in [0.25, 0.3) is 0 Å². The molecule has 18 heavy (non-hydrogen) atoms. The van der Waals surface area contributed by atoms with Gasteiger partial charge in [0, 0.05) is 11.9 Å². The normalized spacial score (nSPS) is 10.3. The van der Waals surface area contributed by atoms with Gasteiger partial charge < -0.3 is 19.8 Å². The van der Waals surface area contributed by atoms with E-state index in [0.717, 1.165) is 0 Å². The van der Waals surface area contributed by atoms with E-state index in [0.29, 0.717) is 10.4 Å². The van der Waals surface area contributed by atoms with Gasteiger partial charge in [-0.25, -0.2) is 4.79 Å². The molecule has 0 saturated carbocycles. The van der Waals surface area contributed by atoms with E-state index in [1.54, 1.807) is 13.0 Å². The predicted octanol–water partition coefficient (Wildman–Crippen LogP) is 2.63. The molecule has 2 aromatic heterocycles. The number of carbonyl (C=O) groups excluding carboxylic acids is 1. The minimum Gasteiger partial charge on any atom is -0.478 e. The summed E-state index contributed by atoms with van der Waals surface area (Å²) in [6, 6.07) is 3.06. The number of aromatic carboxylic acids is 1. The van der Waals surface area contributed by atoms with Crippen LogP contribution in [0.3, 0.4) is 0 Å². The number of carbonyl (C=O) groups is 2. The lowest BCUT2D eigenvalue weighted by Gasteiger charge is -2.02. The second kappa shape index (κ2) is 4.69. The molecule has 0 radical (unpaired) electrons. The number of carboxylic acids is 1. The van der Waals surface area contributed by atoms with Gasteiger partial charge in [0.25, 0.3) is 5.91 Å². The van der Waals surface area contributed by atoms with Crippen molar-refractivity contribution in [2.75, 3.05) is 5.32 Å². The third-order valence-electron chi connectivity index (χ3n) is 2.34. The number of rotatable bonds is 3. The van der Waals surface area contributed by atoms with Gasteiger partial charge in [-0.3, -0.25) is 4.79 Å². The summed E-state index contributed by atoms with van der Waals surface area (Å²) in [5.41, 5.74) is 0.713. The van der Waals surface area contributed by atoms with Gasteiger partial charge in [-0.2, -0.15) is 0 Å². The molecule has 0 aliphatic heterocycles. The zero-order chi connectivity index (χ0) is 13.3. The minimum atomic E-state index is -1.11. The fourth-order valence-electron chi connectivity index (χ4n) is 1.52. The van der Waals surface area contributed by atoms with Gasteiger partial charge in [0.05, 0.1) is 5.69 Å². The number of H-pyrrole nitrogens is 1. The molecule has 3 N–H and O–H groups in total.